The first-order chi connectivity index (χ1) is 9.99. The highest BCUT2D eigenvalue weighted by Crippen LogP contribution is 2.47. The van der Waals surface area contributed by atoms with Crippen LogP contribution in [0.15, 0.2) is 28.7 Å². The van der Waals surface area contributed by atoms with Crippen molar-refractivity contribution in [1.29, 1.82) is 0 Å². The van der Waals surface area contributed by atoms with Gasteiger partial charge in [-0.25, -0.2) is 0 Å². The van der Waals surface area contributed by atoms with E-state index < -0.39 is 11.4 Å². The summed E-state index contributed by atoms with van der Waals surface area (Å²) in [5.74, 6) is -0.585. The molecule has 0 aliphatic heterocycles. The Bertz CT molecular complexity index is 525. The van der Waals surface area contributed by atoms with E-state index in [9.17, 15) is 9.59 Å². The van der Waals surface area contributed by atoms with Crippen molar-refractivity contribution in [3.8, 4) is 5.75 Å². The van der Waals surface area contributed by atoms with Crippen molar-refractivity contribution in [3.63, 3.8) is 0 Å². The highest BCUT2D eigenvalue weighted by Gasteiger charge is 2.58. The number of benzene rings is 1. The Hall–Kier alpha value is -1.56. The van der Waals surface area contributed by atoms with Gasteiger partial charge in [-0.05, 0) is 44.0 Å². The summed E-state index contributed by atoms with van der Waals surface area (Å²) in [5.41, 5.74) is -1.17. The van der Waals surface area contributed by atoms with Gasteiger partial charge in [0, 0.05) is 11.0 Å². The number of carboxylic acid groups (broad SMARTS) is 1. The Morgan fingerprint density at radius 1 is 1.33 bits per heavy atom. The fraction of sp³-hybridized carbons (Fsp3) is 0.467. The van der Waals surface area contributed by atoms with E-state index in [0.717, 1.165) is 10.2 Å². The van der Waals surface area contributed by atoms with E-state index in [-0.39, 0.29) is 5.91 Å². The third kappa shape index (κ3) is 3.56. The lowest BCUT2D eigenvalue weighted by molar-refractivity contribution is -0.153. The predicted octanol–water partition coefficient (Wildman–Crippen LogP) is 2.54. The van der Waals surface area contributed by atoms with Gasteiger partial charge >= 0.3 is 5.97 Å². The number of amides is 1. The molecule has 6 heteroatoms. The minimum Gasteiger partial charge on any atom is -0.492 e. The van der Waals surface area contributed by atoms with Crippen molar-refractivity contribution in [1.82, 2.24) is 4.90 Å². The standard InChI is InChI=1S/C15H18BrNO4/c1-2-17(13(18)15(7-8-15)14(19)20)9-10-21-12-5-3-11(16)4-6-12/h3-6H,2,7-10H2,1H3,(H,19,20). The second kappa shape index (κ2) is 6.47. The number of carbonyl (C=O) groups excluding carboxylic acids is 1. The van der Waals surface area contributed by atoms with Crippen LogP contribution >= 0.6 is 15.9 Å². The van der Waals surface area contributed by atoms with Crippen LogP contribution in [-0.2, 0) is 9.59 Å². The van der Waals surface area contributed by atoms with Gasteiger partial charge in [0.1, 0.15) is 17.8 Å². The third-order valence-corrected chi connectivity index (χ3v) is 4.21. The van der Waals surface area contributed by atoms with Crippen LogP contribution in [0.1, 0.15) is 19.8 Å². The fourth-order valence-electron chi connectivity index (χ4n) is 2.15. The monoisotopic (exact) mass is 355 g/mol. The van der Waals surface area contributed by atoms with E-state index in [1.807, 2.05) is 31.2 Å². The average molecular weight is 356 g/mol. The number of ether oxygens (including phenoxy) is 1. The molecule has 0 spiro atoms. The van der Waals surface area contributed by atoms with Crippen LogP contribution in [0.5, 0.6) is 5.75 Å². The van der Waals surface area contributed by atoms with E-state index in [4.69, 9.17) is 9.84 Å². The van der Waals surface area contributed by atoms with Crippen LogP contribution in [0.25, 0.3) is 0 Å². The maximum Gasteiger partial charge on any atom is 0.319 e. The maximum absolute atomic E-state index is 12.3. The topological polar surface area (TPSA) is 66.8 Å². The highest BCUT2D eigenvalue weighted by atomic mass is 79.9. The van der Waals surface area contributed by atoms with Crippen molar-refractivity contribution >= 4 is 27.8 Å². The minimum absolute atomic E-state index is 0.295. The lowest BCUT2D eigenvalue weighted by Crippen LogP contribution is -2.42. The average Bonchev–Trinajstić information content (AvgIpc) is 3.26. The summed E-state index contributed by atoms with van der Waals surface area (Å²) in [6.07, 6.45) is 0.871. The molecule has 1 fully saturated rings. The van der Waals surface area contributed by atoms with Crippen LogP contribution in [0.4, 0.5) is 0 Å². The molecule has 1 amide bonds. The van der Waals surface area contributed by atoms with Crippen molar-refractivity contribution in [3.05, 3.63) is 28.7 Å². The molecule has 0 unspecified atom stereocenters. The van der Waals surface area contributed by atoms with E-state index in [1.54, 1.807) is 4.90 Å². The van der Waals surface area contributed by atoms with Gasteiger partial charge in [0.25, 0.3) is 0 Å². The normalized spacial score (nSPS) is 15.3. The molecule has 1 aromatic rings. The van der Waals surface area contributed by atoms with Crippen LogP contribution < -0.4 is 4.74 Å². The molecule has 0 heterocycles. The lowest BCUT2D eigenvalue weighted by atomic mass is 10.1. The first kappa shape index (κ1) is 15.8. The van der Waals surface area contributed by atoms with Gasteiger partial charge in [0.2, 0.25) is 5.91 Å². The van der Waals surface area contributed by atoms with Gasteiger partial charge in [-0.2, -0.15) is 0 Å². The van der Waals surface area contributed by atoms with Gasteiger partial charge in [0.05, 0.1) is 6.54 Å². The summed E-state index contributed by atoms with van der Waals surface area (Å²) >= 11 is 3.35. The Kier molecular flexibility index (Phi) is 4.88. The van der Waals surface area contributed by atoms with Gasteiger partial charge in [0.15, 0.2) is 0 Å². The van der Waals surface area contributed by atoms with E-state index in [0.29, 0.717) is 32.5 Å². The molecule has 1 aliphatic rings. The summed E-state index contributed by atoms with van der Waals surface area (Å²) in [4.78, 5) is 25.0. The lowest BCUT2D eigenvalue weighted by Gasteiger charge is -2.24. The SMILES string of the molecule is CCN(CCOc1ccc(Br)cc1)C(=O)C1(C(=O)O)CC1. The minimum atomic E-state index is -1.17. The van der Waals surface area contributed by atoms with Gasteiger partial charge in [-0.15, -0.1) is 0 Å². The third-order valence-electron chi connectivity index (χ3n) is 3.68. The largest absolute Gasteiger partial charge is 0.492 e. The highest BCUT2D eigenvalue weighted by molar-refractivity contribution is 9.10. The molecule has 1 aliphatic carbocycles. The van der Waals surface area contributed by atoms with Crippen molar-refractivity contribution in [2.24, 2.45) is 5.41 Å². The number of aliphatic carboxylic acids is 1. The first-order valence-corrected chi connectivity index (χ1v) is 7.70. The summed E-state index contributed by atoms with van der Waals surface area (Å²) in [6, 6.07) is 7.42. The molecule has 21 heavy (non-hydrogen) atoms. The molecule has 0 radical (unpaired) electrons. The zero-order valence-corrected chi connectivity index (χ0v) is 13.4. The summed E-state index contributed by atoms with van der Waals surface area (Å²) in [6.45, 7) is 3.06. The molecule has 2 rings (SSSR count). The molecule has 1 saturated carbocycles. The Morgan fingerprint density at radius 3 is 2.43 bits per heavy atom. The fourth-order valence-corrected chi connectivity index (χ4v) is 2.42. The molecule has 5 nitrogen and oxygen atoms in total. The predicted molar refractivity (Wildman–Crippen MR) is 81.2 cm³/mol. The zero-order chi connectivity index (χ0) is 15.5. The van der Waals surface area contributed by atoms with Gasteiger partial charge in [-0.1, -0.05) is 15.9 Å². The number of rotatable bonds is 7. The molecule has 0 aromatic heterocycles. The first-order valence-electron chi connectivity index (χ1n) is 6.91. The molecule has 1 aromatic carbocycles. The molecule has 114 valence electrons. The number of carboxylic acids is 1. The molecular weight excluding hydrogens is 338 g/mol. The second-order valence-electron chi connectivity index (χ2n) is 5.07. The van der Waals surface area contributed by atoms with Gasteiger partial charge < -0.3 is 14.7 Å². The quantitative estimate of drug-likeness (QED) is 0.763. The van der Waals surface area contributed by atoms with Crippen molar-refractivity contribution in [2.75, 3.05) is 19.7 Å². The Morgan fingerprint density at radius 2 is 1.95 bits per heavy atom. The number of hydrogen-bond donors (Lipinski definition) is 1. The second-order valence-corrected chi connectivity index (χ2v) is 5.99. The van der Waals surface area contributed by atoms with E-state index in [1.165, 1.54) is 0 Å². The van der Waals surface area contributed by atoms with E-state index >= 15 is 0 Å². The maximum atomic E-state index is 12.3. The number of halogens is 1. The summed E-state index contributed by atoms with van der Waals surface area (Å²) in [7, 11) is 0. The molecule has 0 saturated heterocycles. The van der Waals surface area contributed by atoms with E-state index in [2.05, 4.69) is 15.9 Å². The molecule has 1 N–H and O–H groups in total. The number of carbonyl (C=O) groups is 2. The Balaban J connectivity index is 1.87. The zero-order valence-electron chi connectivity index (χ0n) is 11.8. The van der Waals surface area contributed by atoms with Crippen LogP contribution in [0.3, 0.4) is 0 Å². The number of likely N-dealkylation sites (N-methyl/N-ethyl adjacent to an activating group) is 1. The number of nitrogens with zero attached hydrogens (tertiary/aromatic N) is 1. The number of hydrogen-bond acceptors (Lipinski definition) is 3. The van der Waals surface area contributed by atoms with Crippen molar-refractivity contribution in [2.45, 2.75) is 19.8 Å². The van der Waals surface area contributed by atoms with Crippen LogP contribution in [0, 0.1) is 5.41 Å². The molecule has 0 atom stereocenters. The molecule has 0 bridgehead atoms. The van der Waals surface area contributed by atoms with Crippen molar-refractivity contribution < 1.29 is 19.4 Å². The Labute approximate surface area is 132 Å². The van der Waals surface area contributed by atoms with Crippen LogP contribution in [-0.4, -0.2) is 41.6 Å². The summed E-state index contributed by atoms with van der Waals surface area (Å²) in [5, 5.41) is 9.16. The molecular formula is C15H18BrNO4. The van der Waals surface area contributed by atoms with Gasteiger partial charge in [-0.3, -0.25) is 9.59 Å². The van der Waals surface area contributed by atoms with Crippen LogP contribution in [0.2, 0.25) is 0 Å². The smallest absolute Gasteiger partial charge is 0.319 e. The summed E-state index contributed by atoms with van der Waals surface area (Å²) < 4.78 is 6.54.